The molecule has 6 rings (SSSR count). The average molecular weight is 433 g/mol. The van der Waals surface area contributed by atoms with Crippen LogP contribution in [0.2, 0.25) is 0 Å². The Hall–Kier alpha value is -3.73. The van der Waals surface area contributed by atoms with Gasteiger partial charge in [0.2, 0.25) is 5.95 Å². The van der Waals surface area contributed by atoms with Gasteiger partial charge < -0.3 is 9.64 Å². The third-order valence-corrected chi connectivity index (χ3v) is 6.19. The molecule has 0 N–H and O–H groups in total. The van der Waals surface area contributed by atoms with Crippen molar-refractivity contribution in [2.24, 2.45) is 0 Å². The lowest BCUT2D eigenvalue weighted by molar-refractivity contribution is 0.0390. The van der Waals surface area contributed by atoms with Crippen molar-refractivity contribution in [1.29, 1.82) is 0 Å². The fraction of sp³-hybridized carbons (Fsp3) is 0.333. The second-order valence-corrected chi connectivity index (χ2v) is 7.86. The molecule has 1 saturated heterocycles. The molecule has 0 aliphatic carbocycles. The minimum Gasteiger partial charge on any atom is -0.377 e. The molecule has 32 heavy (non-hydrogen) atoms. The van der Waals surface area contributed by atoms with E-state index in [0.29, 0.717) is 37.2 Å². The van der Waals surface area contributed by atoms with Crippen LogP contribution in [0.5, 0.6) is 0 Å². The summed E-state index contributed by atoms with van der Waals surface area (Å²) in [6, 6.07) is 2.94. The highest BCUT2D eigenvalue weighted by Gasteiger charge is 2.49. The van der Waals surface area contributed by atoms with E-state index in [2.05, 4.69) is 37.0 Å². The molecule has 11 heteroatoms. The predicted molar refractivity (Wildman–Crippen MR) is 112 cm³/mol. The standard InChI is InChI=1S/C21H20FN9O/c1-3-21-12-32-9-8-30(21)18-16(31-13(2)27-28-19(21)31)11-25-20(26-18)29-7-6-23-17(29)15-5-4-14(22)10-24-15/h4-7,10-11H,3,8-9,12H2,1-2H3. The first-order valence-electron chi connectivity index (χ1n) is 10.4. The van der Waals surface area contributed by atoms with E-state index in [0.717, 1.165) is 29.6 Å². The number of morpholine rings is 1. The SMILES string of the molecule is CCC12COCCN1c1nc(-n3ccnc3-c3ccc(F)cn3)ncc1-n1c(C)nnc12. The number of aryl methyl sites for hydroxylation is 1. The van der Waals surface area contributed by atoms with Gasteiger partial charge >= 0.3 is 0 Å². The molecule has 1 fully saturated rings. The summed E-state index contributed by atoms with van der Waals surface area (Å²) in [6.07, 6.45) is 7.17. The molecule has 0 saturated carbocycles. The number of halogens is 1. The molecular formula is C21H20FN9O. The van der Waals surface area contributed by atoms with Crippen LogP contribution < -0.4 is 4.90 Å². The first-order chi connectivity index (χ1) is 15.6. The lowest BCUT2D eigenvalue weighted by Crippen LogP contribution is -2.58. The summed E-state index contributed by atoms with van der Waals surface area (Å²) in [5, 5.41) is 8.83. The van der Waals surface area contributed by atoms with Crippen LogP contribution in [-0.2, 0) is 10.3 Å². The summed E-state index contributed by atoms with van der Waals surface area (Å²) in [6.45, 7) is 5.83. The maximum atomic E-state index is 13.4. The van der Waals surface area contributed by atoms with Crippen molar-refractivity contribution in [2.45, 2.75) is 25.8 Å². The topological polar surface area (TPSA) is 99.7 Å². The summed E-state index contributed by atoms with van der Waals surface area (Å²) in [5.74, 6) is 3.00. The third-order valence-electron chi connectivity index (χ3n) is 6.19. The molecule has 162 valence electrons. The van der Waals surface area contributed by atoms with Crippen molar-refractivity contribution in [3.63, 3.8) is 0 Å². The van der Waals surface area contributed by atoms with Gasteiger partial charge in [-0.1, -0.05) is 6.92 Å². The zero-order valence-electron chi connectivity index (χ0n) is 17.6. The zero-order chi connectivity index (χ0) is 21.9. The van der Waals surface area contributed by atoms with Crippen LogP contribution in [0.25, 0.3) is 23.2 Å². The predicted octanol–water partition coefficient (Wildman–Crippen LogP) is 2.21. The second kappa shape index (κ2) is 6.89. The first kappa shape index (κ1) is 19.0. The maximum absolute atomic E-state index is 13.4. The van der Waals surface area contributed by atoms with Gasteiger partial charge in [-0.15, -0.1) is 10.2 Å². The van der Waals surface area contributed by atoms with E-state index in [1.54, 1.807) is 29.2 Å². The van der Waals surface area contributed by atoms with Gasteiger partial charge in [-0.25, -0.2) is 19.3 Å². The van der Waals surface area contributed by atoms with Crippen molar-refractivity contribution in [2.75, 3.05) is 24.7 Å². The van der Waals surface area contributed by atoms with Gasteiger partial charge in [0.15, 0.2) is 17.5 Å². The van der Waals surface area contributed by atoms with E-state index in [1.807, 2.05) is 11.5 Å². The Morgan fingerprint density at radius 1 is 1.16 bits per heavy atom. The number of fused-ring (bicyclic) bond motifs is 6. The van der Waals surface area contributed by atoms with E-state index >= 15 is 0 Å². The summed E-state index contributed by atoms with van der Waals surface area (Å²) in [5.41, 5.74) is 0.914. The van der Waals surface area contributed by atoms with Crippen molar-refractivity contribution in [3.05, 3.63) is 54.4 Å². The van der Waals surface area contributed by atoms with Gasteiger partial charge in [0.1, 0.15) is 28.6 Å². The normalized spacial score (nSPS) is 19.4. The molecule has 1 atom stereocenters. The molecule has 2 aliphatic heterocycles. The number of rotatable bonds is 3. The Morgan fingerprint density at radius 3 is 2.88 bits per heavy atom. The highest BCUT2D eigenvalue weighted by Crippen LogP contribution is 2.44. The summed E-state index contributed by atoms with van der Waals surface area (Å²) >= 11 is 0. The van der Waals surface area contributed by atoms with Crippen LogP contribution in [0.1, 0.15) is 25.0 Å². The lowest BCUT2D eigenvalue weighted by Gasteiger charge is -2.49. The Balaban J connectivity index is 1.53. The van der Waals surface area contributed by atoms with E-state index in [4.69, 9.17) is 9.72 Å². The summed E-state index contributed by atoms with van der Waals surface area (Å²) in [4.78, 5) is 20.4. The fourth-order valence-electron chi connectivity index (χ4n) is 4.58. The summed E-state index contributed by atoms with van der Waals surface area (Å²) in [7, 11) is 0. The van der Waals surface area contributed by atoms with Crippen molar-refractivity contribution >= 4 is 5.82 Å². The average Bonchev–Trinajstić information content (AvgIpc) is 3.47. The van der Waals surface area contributed by atoms with E-state index in [9.17, 15) is 4.39 Å². The fourth-order valence-corrected chi connectivity index (χ4v) is 4.58. The molecule has 6 heterocycles. The number of imidazole rings is 1. The number of pyridine rings is 1. The highest BCUT2D eigenvalue weighted by atomic mass is 19.1. The minimum absolute atomic E-state index is 0.403. The number of hydrogen-bond acceptors (Lipinski definition) is 8. The second-order valence-electron chi connectivity index (χ2n) is 7.86. The molecule has 0 aromatic carbocycles. The number of hydrogen-bond donors (Lipinski definition) is 0. The Morgan fingerprint density at radius 2 is 2.06 bits per heavy atom. The van der Waals surface area contributed by atoms with E-state index in [1.165, 1.54) is 12.3 Å². The van der Waals surface area contributed by atoms with E-state index < -0.39 is 11.4 Å². The molecule has 0 amide bonds. The smallest absolute Gasteiger partial charge is 0.237 e. The van der Waals surface area contributed by atoms with Crippen molar-refractivity contribution < 1.29 is 9.13 Å². The quantitative estimate of drug-likeness (QED) is 0.485. The number of ether oxygens (including phenoxy) is 1. The monoisotopic (exact) mass is 433 g/mol. The molecule has 1 unspecified atom stereocenters. The lowest BCUT2D eigenvalue weighted by atomic mass is 9.90. The van der Waals surface area contributed by atoms with Crippen LogP contribution in [0.4, 0.5) is 10.2 Å². The van der Waals surface area contributed by atoms with Gasteiger partial charge in [0, 0.05) is 18.9 Å². The molecular weight excluding hydrogens is 413 g/mol. The Bertz CT molecular complexity index is 1320. The molecule has 10 nitrogen and oxygen atoms in total. The Kier molecular flexibility index (Phi) is 4.09. The molecule has 0 spiro atoms. The first-order valence-corrected chi connectivity index (χ1v) is 10.4. The van der Waals surface area contributed by atoms with Crippen LogP contribution in [0.15, 0.2) is 36.9 Å². The molecule has 0 bridgehead atoms. The minimum atomic E-state index is -0.450. The molecule has 2 aliphatic rings. The largest absolute Gasteiger partial charge is 0.377 e. The van der Waals surface area contributed by atoms with Gasteiger partial charge in [-0.2, -0.15) is 4.98 Å². The maximum Gasteiger partial charge on any atom is 0.237 e. The van der Waals surface area contributed by atoms with Gasteiger partial charge in [-0.05, 0) is 25.5 Å². The van der Waals surface area contributed by atoms with Crippen LogP contribution in [0, 0.1) is 12.7 Å². The zero-order valence-corrected chi connectivity index (χ0v) is 17.6. The highest BCUT2D eigenvalue weighted by molar-refractivity contribution is 5.65. The van der Waals surface area contributed by atoms with Gasteiger partial charge in [0.05, 0.1) is 25.6 Å². The molecule has 0 radical (unpaired) electrons. The van der Waals surface area contributed by atoms with Crippen molar-refractivity contribution in [3.8, 4) is 23.2 Å². The van der Waals surface area contributed by atoms with Crippen LogP contribution in [-0.4, -0.2) is 59.0 Å². The molecule has 4 aromatic rings. The van der Waals surface area contributed by atoms with Gasteiger partial charge in [0.25, 0.3) is 0 Å². The van der Waals surface area contributed by atoms with E-state index in [-0.39, 0.29) is 0 Å². The third kappa shape index (κ3) is 2.54. The number of aromatic nitrogens is 8. The van der Waals surface area contributed by atoms with Crippen LogP contribution >= 0.6 is 0 Å². The number of nitrogens with zero attached hydrogens (tertiary/aromatic N) is 9. The van der Waals surface area contributed by atoms with Crippen molar-refractivity contribution in [1.82, 2.24) is 39.3 Å². The van der Waals surface area contributed by atoms with Gasteiger partial charge in [-0.3, -0.25) is 9.13 Å². The Labute approximate surface area is 182 Å². The molecule has 4 aromatic heterocycles. The summed E-state index contributed by atoms with van der Waals surface area (Å²) < 4.78 is 23.0. The van der Waals surface area contributed by atoms with Crippen LogP contribution in [0.3, 0.4) is 0 Å². The number of anilines is 1.